The van der Waals surface area contributed by atoms with Crippen LogP contribution in [0.25, 0.3) is 16.9 Å². The number of anilines is 1. The van der Waals surface area contributed by atoms with Crippen LogP contribution in [0.3, 0.4) is 0 Å². The summed E-state index contributed by atoms with van der Waals surface area (Å²) in [6, 6.07) is 12.5. The highest BCUT2D eigenvalue weighted by atomic mass is 32.2. The van der Waals surface area contributed by atoms with Crippen LogP contribution in [0.2, 0.25) is 0 Å². The topological polar surface area (TPSA) is 128 Å². The molecule has 2 aliphatic rings. The number of aromatic nitrogens is 3. The summed E-state index contributed by atoms with van der Waals surface area (Å²) in [6.45, 7) is 4.96. The third-order valence-corrected chi connectivity index (χ3v) is 9.87. The normalized spacial score (nSPS) is 21.3. The number of amides is 1. The van der Waals surface area contributed by atoms with Gasteiger partial charge in [0.05, 0.1) is 11.8 Å². The standard InChI is InChI=1S/C30H36FN7O2S/c1-20(2)27(18-32)35-30(39)24-7-4-3-6-23(24)28-25(19-38(36-28)29-26(31)8-5-13-34-29)21-9-11-22(12-10-21)37-14-16-41(33,40)17-15-37/h5,8-13,19-20,23-24,27,33H,3-4,6-7,14-17H2,1-2H3,(H,35,39)/t23-,24-,27-/m1/s1. The Balaban J connectivity index is 1.51. The van der Waals surface area contributed by atoms with Crippen LogP contribution in [-0.2, 0) is 14.5 Å². The van der Waals surface area contributed by atoms with E-state index in [2.05, 4.69) is 21.3 Å². The minimum absolute atomic E-state index is 0.0149. The number of rotatable bonds is 7. The fourth-order valence-corrected chi connectivity index (χ4v) is 6.99. The van der Waals surface area contributed by atoms with E-state index in [1.54, 1.807) is 6.20 Å². The monoisotopic (exact) mass is 577 g/mol. The lowest BCUT2D eigenvalue weighted by Crippen LogP contribution is -2.43. The summed E-state index contributed by atoms with van der Waals surface area (Å²) in [5.74, 6) is -0.418. The van der Waals surface area contributed by atoms with E-state index in [0.29, 0.717) is 36.7 Å². The molecule has 2 aromatic heterocycles. The molecule has 216 valence electrons. The van der Waals surface area contributed by atoms with E-state index in [1.165, 1.54) is 23.0 Å². The highest BCUT2D eigenvalue weighted by molar-refractivity contribution is 7.92. The van der Waals surface area contributed by atoms with E-state index >= 15 is 0 Å². The number of pyridine rings is 1. The Kier molecular flexibility index (Phi) is 8.40. The van der Waals surface area contributed by atoms with Crippen LogP contribution in [0.5, 0.6) is 0 Å². The third-order valence-electron chi connectivity index (χ3n) is 8.18. The number of benzene rings is 1. The second kappa shape index (κ2) is 12.0. The van der Waals surface area contributed by atoms with Crippen LogP contribution in [-0.4, -0.2) is 55.5 Å². The molecule has 3 atom stereocenters. The van der Waals surface area contributed by atoms with Gasteiger partial charge in [0, 0.05) is 69.8 Å². The molecule has 3 aromatic rings. The van der Waals surface area contributed by atoms with Crippen molar-refractivity contribution in [3.63, 3.8) is 0 Å². The molecule has 41 heavy (non-hydrogen) atoms. The molecule has 0 bridgehead atoms. The molecule has 1 amide bonds. The predicted octanol–water partition coefficient (Wildman–Crippen LogP) is 4.88. The zero-order valence-corrected chi connectivity index (χ0v) is 24.2. The fourth-order valence-electron chi connectivity index (χ4n) is 5.76. The SMILES string of the molecule is CC(C)[C@@H](C#N)NC(=O)[C@@H]1CCCC[C@H]1c1nn(-c2ncccc2F)cc1-c1ccc(N2CCS(=N)(=O)CC2)cc1. The molecule has 5 rings (SSSR count). The first kappa shape index (κ1) is 28.7. The molecule has 1 saturated carbocycles. The Morgan fingerprint density at radius 2 is 1.88 bits per heavy atom. The number of hydrogen-bond acceptors (Lipinski definition) is 7. The van der Waals surface area contributed by atoms with Crippen molar-refractivity contribution in [3.8, 4) is 23.0 Å². The molecule has 1 aromatic carbocycles. The average molecular weight is 578 g/mol. The minimum Gasteiger partial charge on any atom is -0.370 e. The molecular formula is C30H36FN7O2S. The average Bonchev–Trinajstić information content (AvgIpc) is 3.41. The Bertz CT molecular complexity index is 1530. The highest BCUT2D eigenvalue weighted by Crippen LogP contribution is 2.42. The van der Waals surface area contributed by atoms with Gasteiger partial charge in [0.25, 0.3) is 0 Å². The Hall–Kier alpha value is -3.78. The van der Waals surface area contributed by atoms with Gasteiger partial charge in [-0.25, -0.2) is 18.3 Å². The van der Waals surface area contributed by atoms with Crippen molar-refractivity contribution < 1.29 is 13.4 Å². The summed E-state index contributed by atoms with van der Waals surface area (Å²) in [5, 5.41) is 17.4. The van der Waals surface area contributed by atoms with Crippen LogP contribution in [0.1, 0.15) is 51.1 Å². The molecule has 1 aliphatic carbocycles. The van der Waals surface area contributed by atoms with Gasteiger partial charge in [0.15, 0.2) is 11.6 Å². The maximum absolute atomic E-state index is 14.8. The first-order valence-electron chi connectivity index (χ1n) is 14.2. The van der Waals surface area contributed by atoms with Gasteiger partial charge in [0.1, 0.15) is 6.04 Å². The van der Waals surface area contributed by atoms with E-state index in [-0.39, 0.29) is 29.5 Å². The number of carbonyl (C=O) groups is 1. The number of nitrogens with zero attached hydrogens (tertiary/aromatic N) is 5. The zero-order chi connectivity index (χ0) is 29.1. The molecule has 11 heteroatoms. The summed E-state index contributed by atoms with van der Waals surface area (Å²) in [5.41, 5.74) is 3.39. The van der Waals surface area contributed by atoms with Gasteiger partial charge in [-0.15, -0.1) is 0 Å². The lowest BCUT2D eigenvalue weighted by Gasteiger charge is -2.31. The fraction of sp³-hybridized carbons (Fsp3) is 0.467. The number of carbonyl (C=O) groups excluding carboxylic acids is 1. The Morgan fingerprint density at radius 3 is 2.54 bits per heavy atom. The van der Waals surface area contributed by atoms with Gasteiger partial charge in [-0.2, -0.15) is 10.4 Å². The lowest BCUT2D eigenvalue weighted by atomic mass is 9.75. The molecular weight excluding hydrogens is 541 g/mol. The van der Waals surface area contributed by atoms with Crippen molar-refractivity contribution in [2.45, 2.75) is 51.5 Å². The summed E-state index contributed by atoms with van der Waals surface area (Å²) in [6.07, 6.45) is 6.59. The zero-order valence-electron chi connectivity index (χ0n) is 23.4. The first-order chi connectivity index (χ1) is 19.7. The van der Waals surface area contributed by atoms with Crippen molar-refractivity contribution in [2.24, 2.45) is 11.8 Å². The molecule has 3 heterocycles. The van der Waals surface area contributed by atoms with Gasteiger partial charge in [0.2, 0.25) is 5.91 Å². The number of nitrogens with one attached hydrogen (secondary N) is 2. The molecule has 1 aliphatic heterocycles. The molecule has 0 unspecified atom stereocenters. The van der Waals surface area contributed by atoms with Crippen molar-refractivity contribution in [1.82, 2.24) is 20.1 Å². The number of nitriles is 1. The first-order valence-corrected chi connectivity index (χ1v) is 16.1. The van der Waals surface area contributed by atoms with Crippen LogP contribution >= 0.6 is 0 Å². The number of halogens is 1. The highest BCUT2D eigenvalue weighted by Gasteiger charge is 2.36. The maximum atomic E-state index is 14.8. The lowest BCUT2D eigenvalue weighted by molar-refractivity contribution is -0.127. The van der Waals surface area contributed by atoms with Crippen LogP contribution in [0.15, 0.2) is 48.8 Å². The van der Waals surface area contributed by atoms with Gasteiger partial charge in [-0.05, 0) is 48.6 Å². The third kappa shape index (κ3) is 6.27. The molecule has 0 spiro atoms. The molecule has 2 N–H and O–H groups in total. The van der Waals surface area contributed by atoms with Crippen LogP contribution < -0.4 is 10.2 Å². The minimum atomic E-state index is -2.49. The van der Waals surface area contributed by atoms with Crippen molar-refractivity contribution in [1.29, 1.82) is 10.0 Å². The van der Waals surface area contributed by atoms with Gasteiger partial charge in [-0.3, -0.25) is 9.57 Å². The predicted molar refractivity (Wildman–Crippen MR) is 157 cm³/mol. The summed E-state index contributed by atoms with van der Waals surface area (Å²) in [4.78, 5) is 19.8. The largest absolute Gasteiger partial charge is 0.370 e. The van der Waals surface area contributed by atoms with Crippen molar-refractivity contribution >= 4 is 21.3 Å². The summed E-state index contributed by atoms with van der Waals surface area (Å²) in [7, 11) is -2.49. The van der Waals surface area contributed by atoms with Crippen molar-refractivity contribution in [3.05, 3.63) is 60.3 Å². The van der Waals surface area contributed by atoms with Gasteiger partial charge < -0.3 is 10.2 Å². The van der Waals surface area contributed by atoms with Crippen LogP contribution in [0, 0.1) is 33.8 Å². The second-order valence-corrected chi connectivity index (χ2v) is 13.7. The van der Waals surface area contributed by atoms with Crippen molar-refractivity contribution in [2.75, 3.05) is 29.5 Å². The molecule has 2 fully saturated rings. The van der Waals surface area contributed by atoms with E-state index in [9.17, 15) is 18.7 Å². The Labute approximate surface area is 240 Å². The number of hydrogen-bond donors (Lipinski definition) is 2. The van der Waals surface area contributed by atoms with Gasteiger partial charge >= 0.3 is 0 Å². The second-order valence-electron chi connectivity index (χ2n) is 11.3. The van der Waals surface area contributed by atoms with Crippen LogP contribution in [0.4, 0.5) is 10.1 Å². The maximum Gasteiger partial charge on any atom is 0.224 e. The molecule has 9 nitrogen and oxygen atoms in total. The summed E-state index contributed by atoms with van der Waals surface area (Å²) < 4.78 is 36.2. The van der Waals surface area contributed by atoms with E-state index < -0.39 is 21.6 Å². The Morgan fingerprint density at radius 1 is 1.17 bits per heavy atom. The van der Waals surface area contributed by atoms with E-state index in [1.807, 2.05) is 38.1 Å². The van der Waals surface area contributed by atoms with Gasteiger partial charge in [-0.1, -0.05) is 38.8 Å². The quantitative estimate of drug-likeness (QED) is 0.412. The van der Waals surface area contributed by atoms with E-state index in [0.717, 1.165) is 36.1 Å². The molecule has 0 radical (unpaired) electrons. The smallest absolute Gasteiger partial charge is 0.224 e. The van der Waals surface area contributed by atoms with E-state index in [4.69, 9.17) is 9.88 Å². The summed E-state index contributed by atoms with van der Waals surface area (Å²) >= 11 is 0. The molecule has 1 saturated heterocycles.